The molecule has 4 rings (SSSR count). The zero-order valence-corrected chi connectivity index (χ0v) is 24.0. The van der Waals surface area contributed by atoms with Crippen LogP contribution in [0.4, 0.5) is 5.00 Å². The molecule has 1 aliphatic rings. The number of nitrogens with one attached hydrogen (secondary N) is 1. The number of thiophene rings is 1. The van der Waals surface area contributed by atoms with Gasteiger partial charge in [0.2, 0.25) is 15.9 Å². The second-order valence-corrected chi connectivity index (χ2v) is 12.4. The van der Waals surface area contributed by atoms with Crippen LogP contribution < -0.4 is 5.32 Å². The molecule has 0 aliphatic carbocycles. The molecule has 0 unspecified atom stereocenters. The summed E-state index contributed by atoms with van der Waals surface area (Å²) >= 11 is 13.4. The molecule has 0 bridgehead atoms. The fourth-order valence-corrected chi connectivity index (χ4v) is 7.33. The number of halogens is 2. The first-order valence-corrected chi connectivity index (χ1v) is 15.0. The summed E-state index contributed by atoms with van der Waals surface area (Å²) in [6.07, 6.45) is 0. The normalized spacial score (nSPS) is 15.7. The lowest BCUT2D eigenvalue weighted by Crippen LogP contribution is -2.53. The fourth-order valence-electron chi connectivity index (χ4n) is 4.12. The third-order valence-corrected chi connectivity index (χ3v) is 9.95. The van der Waals surface area contributed by atoms with E-state index < -0.39 is 22.0 Å². The van der Waals surface area contributed by atoms with Gasteiger partial charge in [0, 0.05) is 36.1 Å². The molecule has 202 valence electrons. The summed E-state index contributed by atoms with van der Waals surface area (Å²) in [6, 6.07) is 15.1. The number of hydrogen-bond donors (Lipinski definition) is 1. The highest BCUT2D eigenvalue weighted by Crippen LogP contribution is 2.36. The first-order chi connectivity index (χ1) is 18.1. The SMILES string of the molecule is CCOC(=O)c1cc(-c2ccccc2)sc1NC(=O)[C@@H](C)N1CCN(S(=O)(=O)c2cc(Cl)ccc2Cl)CC1. The fraction of sp³-hybridized carbons (Fsp3) is 0.308. The quantitative estimate of drug-likeness (QED) is 0.358. The molecule has 1 N–H and O–H groups in total. The Labute approximate surface area is 236 Å². The molecule has 1 saturated heterocycles. The Morgan fingerprint density at radius 3 is 2.39 bits per heavy atom. The third-order valence-electron chi connectivity index (χ3n) is 6.23. The molecule has 1 fully saturated rings. The highest BCUT2D eigenvalue weighted by molar-refractivity contribution is 7.89. The first-order valence-electron chi connectivity index (χ1n) is 12.0. The number of sulfonamides is 1. The van der Waals surface area contributed by atoms with Gasteiger partial charge in [-0.2, -0.15) is 4.31 Å². The van der Waals surface area contributed by atoms with Crippen molar-refractivity contribution in [1.82, 2.24) is 9.21 Å². The standard InChI is InChI=1S/C26H27Cl2N3O5S2/c1-3-36-26(33)20-16-22(18-7-5-4-6-8-18)37-25(20)29-24(32)17(2)30-11-13-31(14-12-30)38(34,35)23-15-19(27)9-10-21(23)28/h4-10,15-17H,3,11-14H2,1-2H3,(H,29,32)/t17-/m1/s1. The minimum Gasteiger partial charge on any atom is -0.462 e. The number of anilines is 1. The summed E-state index contributed by atoms with van der Waals surface area (Å²) in [5.74, 6) is -0.807. The maximum atomic E-state index is 13.2. The van der Waals surface area contributed by atoms with Crippen LogP contribution in [-0.4, -0.2) is 68.3 Å². The monoisotopic (exact) mass is 595 g/mol. The van der Waals surface area contributed by atoms with Crippen molar-refractivity contribution in [2.24, 2.45) is 0 Å². The number of benzene rings is 2. The molecule has 1 aliphatic heterocycles. The smallest absolute Gasteiger partial charge is 0.341 e. The number of ether oxygens (including phenoxy) is 1. The zero-order valence-electron chi connectivity index (χ0n) is 20.8. The average molecular weight is 597 g/mol. The van der Waals surface area contributed by atoms with Gasteiger partial charge in [-0.15, -0.1) is 11.3 Å². The summed E-state index contributed by atoms with van der Waals surface area (Å²) in [5, 5.41) is 3.69. The Hall–Kier alpha value is -2.47. The minimum absolute atomic E-state index is 0.0377. The molecule has 1 atom stereocenters. The van der Waals surface area contributed by atoms with Gasteiger partial charge in [0.05, 0.1) is 23.2 Å². The lowest BCUT2D eigenvalue weighted by molar-refractivity contribution is -0.121. The second-order valence-electron chi connectivity index (χ2n) is 8.62. The van der Waals surface area contributed by atoms with Gasteiger partial charge in [-0.3, -0.25) is 9.69 Å². The van der Waals surface area contributed by atoms with Crippen LogP contribution >= 0.6 is 34.5 Å². The Kier molecular flexibility index (Phi) is 9.12. The number of piperazine rings is 1. The van der Waals surface area contributed by atoms with Crippen LogP contribution in [0.1, 0.15) is 24.2 Å². The minimum atomic E-state index is -3.84. The number of carbonyl (C=O) groups excluding carboxylic acids is 2. The van der Waals surface area contributed by atoms with Crippen LogP contribution in [0.15, 0.2) is 59.5 Å². The van der Waals surface area contributed by atoms with Crippen molar-refractivity contribution < 1.29 is 22.7 Å². The van der Waals surface area contributed by atoms with Crippen molar-refractivity contribution in [3.63, 3.8) is 0 Å². The molecule has 0 radical (unpaired) electrons. The number of rotatable bonds is 8. The molecule has 1 amide bonds. The van der Waals surface area contributed by atoms with Crippen LogP contribution in [-0.2, 0) is 19.6 Å². The Balaban J connectivity index is 1.45. The molecular formula is C26H27Cl2N3O5S2. The van der Waals surface area contributed by atoms with E-state index in [4.69, 9.17) is 27.9 Å². The van der Waals surface area contributed by atoms with E-state index in [2.05, 4.69) is 5.32 Å². The number of hydrogen-bond acceptors (Lipinski definition) is 7. The molecular weight excluding hydrogens is 569 g/mol. The maximum Gasteiger partial charge on any atom is 0.341 e. The van der Waals surface area contributed by atoms with Crippen LogP contribution in [0.3, 0.4) is 0 Å². The molecule has 2 aromatic carbocycles. The molecule has 2 heterocycles. The topological polar surface area (TPSA) is 96.0 Å². The van der Waals surface area contributed by atoms with Crippen molar-refractivity contribution in [3.8, 4) is 10.4 Å². The number of amides is 1. The van der Waals surface area contributed by atoms with E-state index in [-0.39, 0.29) is 40.5 Å². The van der Waals surface area contributed by atoms with Crippen molar-refractivity contribution in [1.29, 1.82) is 0 Å². The molecule has 3 aromatic rings. The first kappa shape index (κ1) is 28.5. The van der Waals surface area contributed by atoms with E-state index in [1.807, 2.05) is 35.2 Å². The maximum absolute atomic E-state index is 13.2. The summed E-state index contributed by atoms with van der Waals surface area (Å²) in [4.78, 5) is 28.5. The highest BCUT2D eigenvalue weighted by atomic mass is 35.5. The lowest BCUT2D eigenvalue weighted by Gasteiger charge is -2.36. The summed E-state index contributed by atoms with van der Waals surface area (Å²) in [6.45, 7) is 4.76. The van der Waals surface area contributed by atoms with Gasteiger partial charge in [0.15, 0.2) is 0 Å². The average Bonchev–Trinajstić information content (AvgIpc) is 3.34. The predicted octanol–water partition coefficient (Wildman–Crippen LogP) is 5.23. The largest absolute Gasteiger partial charge is 0.462 e. The van der Waals surface area contributed by atoms with E-state index in [0.717, 1.165) is 10.4 Å². The second kappa shape index (κ2) is 12.1. The summed E-state index contributed by atoms with van der Waals surface area (Å²) < 4.78 is 32.8. The Morgan fingerprint density at radius 2 is 1.74 bits per heavy atom. The van der Waals surface area contributed by atoms with E-state index in [1.54, 1.807) is 19.9 Å². The van der Waals surface area contributed by atoms with Crippen LogP contribution in [0.5, 0.6) is 0 Å². The van der Waals surface area contributed by atoms with Gasteiger partial charge in [-0.25, -0.2) is 13.2 Å². The summed E-state index contributed by atoms with van der Waals surface area (Å²) in [5.41, 5.74) is 1.22. The number of esters is 1. The molecule has 12 heteroatoms. The van der Waals surface area contributed by atoms with E-state index >= 15 is 0 Å². The van der Waals surface area contributed by atoms with Crippen LogP contribution in [0.25, 0.3) is 10.4 Å². The summed E-state index contributed by atoms with van der Waals surface area (Å²) in [7, 11) is -3.84. The molecule has 1 aromatic heterocycles. The van der Waals surface area contributed by atoms with Gasteiger partial charge in [0.25, 0.3) is 0 Å². The Bertz CT molecular complexity index is 1420. The predicted molar refractivity (Wildman–Crippen MR) is 151 cm³/mol. The molecule has 0 spiro atoms. The van der Waals surface area contributed by atoms with E-state index in [9.17, 15) is 18.0 Å². The lowest BCUT2D eigenvalue weighted by atomic mass is 10.1. The van der Waals surface area contributed by atoms with Gasteiger partial charge in [0.1, 0.15) is 9.90 Å². The van der Waals surface area contributed by atoms with Crippen molar-refractivity contribution in [2.45, 2.75) is 24.8 Å². The van der Waals surface area contributed by atoms with Gasteiger partial charge in [-0.05, 0) is 43.7 Å². The third kappa shape index (κ3) is 6.22. The molecule has 0 saturated carbocycles. The van der Waals surface area contributed by atoms with Gasteiger partial charge < -0.3 is 10.1 Å². The number of carbonyl (C=O) groups is 2. The van der Waals surface area contributed by atoms with Crippen molar-refractivity contribution in [3.05, 3.63) is 70.2 Å². The van der Waals surface area contributed by atoms with Crippen LogP contribution in [0, 0.1) is 0 Å². The Morgan fingerprint density at radius 1 is 1.05 bits per heavy atom. The van der Waals surface area contributed by atoms with Crippen molar-refractivity contribution in [2.75, 3.05) is 38.1 Å². The van der Waals surface area contributed by atoms with E-state index in [1.165, 1.54) is 33.8 Å². The zero-order chi connectivity index (χ0) is 27.4. The van der Waals surface area contributed by atoms with Crippen LogP contribution in [0.2, 0.25) is 10.0 Å². The number of nitrogens with zero attached hydrogens (tertiary/aromatic N) is 2. The highest BCUT2D eigenvalue weighted by Gasteiger charge is 2.33. The molecule has 38 heavy (non-hydrogen) atoms. The molecule has 8 nitrogen and oxygen atoms in total. The van der Waals surface area contributed by atoms with E-state index in [0.29, 0.717) is 23.7 Å². The van der Waals surface area contributed by atoms with Gasteiger partial charge in [-0.1, -0.05) is 53.5 Å². The van der Waals surface area contributed by atoms with Crippen molar-refractivity contribution >= 4 is 61.4 Å². The van der Waals surface area contributed by atoms with Gasteiger partial charge >= 0.3 is 5.97 Å².